The van der Waals surface area contributed by atoms with E-state index in [-0.39, 0.29) is 30.7 Å². The Morgan fingerprint density at radius 1 is 1.04 bits per heavy atom. The molecule has 1 rings (SSSR count). The highest BCUT2D eigenvalue weighted by Crippen LogP contribution is 2.36. The molecule has 7 nitrogen and oxygen atoms in total. The van der Waals surface area contributed by atoms with Gasteiger partial charge in [0.1, 0.15) is 0 Å². The van der Waals surface area contributed by atoms with Crippen LogP contribution in [-0.4, -0.2) is 32.6 Å². The maximum Gasteiger partial charge on any atom is 0.225 e. The highest BCUT2D eigenvalue weighted by atomic mass is 16.5. The first kappa shape index (κ1) is 18.8. The van der Waals surface area contributed by atoms with Crippen LogP contribution in [0.3, 0.4) is 0 Å². The molecule has 0 saturated carbocycles. The van der Waals surface area contributed by atoms with E-state index in [4.69, 9.17) is 15.2 Å². The molecule has 0 bridgehead atoms. The minimum absolute atomic E-state index is 0.137. The Kier molecular flexibility index (Phi) is 7.34. The van der Waals surface area contributed by atoms with E-state index in [0.29, 0.717) is 29.3 Å². The van der Waals surface area contributed by atoms with Crippen molar-refractivity contribution in [3.05, 3.63) is 12.1 Å². The normalized spacial score (nSPS) is 10.3. The Morgan fingerprint density at radius 3 is 1.91 bits per heavy atom. The van der Waals surface area contributed by atoms with Crippen molar-refractivity contribution >= 4 is 23.2 Å². The van der Waals surface area contributed by atoms with Crippen LogP contribution in [0.2, 0.25) is 0 Å². The first-order valence-electron chi connectivity index (χ1n) is 7.47. The fourth-order valence-electron chi connectivity index (χ4n) is 2.00. The monoisotopic (exact) mass is 323 g/mol. The van der Waals surface area contributed by atoms with E-state index in [9.17, 15) is 9.59 Å². The van der Waals surface area contributed by atoms with Gasteiger partial charge in [-0.2, -0.15) is 0 Å². The lowest BCUT2D eigenvalue weighted by Gasteiger charge is -2.17. The average Bonchev–Trinajstić information content (AvgIpc) is 2.47. The highest BCUT2D eigenvalue weighted by Gasteiger charge is 2.15. The van der Waals surface area contributed by atoms with Crippen LogP contribution in [0, 0.1) is 5.92 Å². The minimum atomic E-state index is -0.237. The van der Waals surface area contributed by atoms with Gasteiger partial charge in [-0.25, -0.2) is 0 Å². The van der Waals surface area contributed by atoms with Gasteiger partial charge >= 0.3 is 0 Å². The second kappa shape index (κ2) is 8.99. The van der Waals surface area contributed by atoms with Gasteiger partial charge in [0.2, 0.25) is 11.8 Å². The van der Waals surface area contributed by atoms with E-state index in [1.165, 1.54) is 14.2 Å². The van der Waals surface area contributed by atoms with Gasteiger partial charge in [-0.05, 0) is 5.92 Å². The van der Waals surface area contributed by atoms with Crippen LogP contribution in [0.5, 0.6) is 11.5 Å². The summed E-state index contributed by atoms with van der Waals surface area (Å²) in [6.07, 6.45) is 0.568. The maximum absolute atomic E-state index is 12.0. The second-order valence-electron chi connectivity index (χ2n) is 5.49. The average molecular weight is 323 g/mol. The lowest BCUT2D eigenvalue weighted by atomic mass is 10.1. The van der Waals surface area contributed by atoms with E-state index in [2.05, 4.69) is 10.6 Å². The molecule has 0 fully saturated rings. The topological polar surface area (TPSA) is 103 Å². The van der Waals surface area contributed by atoms with Gasteiger partial charge in [-0.15, -0.1) is 0 Å². The third-order valence-corrected chi connectivity index (χ3v) is 3.04. The molecule has 1 aromatic carbocycles. The van der Waals surface area contributed by atoms with Gasteiger partial charge in [-0.3, -0.25) is 9.59 Å². The van der Waals surface area contributed by atoms with Gasteiger partial charge in [-0.1, -0.05) is 13.8 Å². The fourth-order valence-corrected chi connectivity index (χ4v) is 2.00. The van der Waals surface area contributed by atoms with Crippen LogP contribution in [0.4, 0.5) is 11.4 Å². The smallest absolute Gasteiger partial charge is 0.225 e. The summed E-state index contributed by atoms with van der Waals surface area (Å²) in [5.41, 5.74) is 6.28. The third-order valence-electron chi connectivity index (χ3n) is 3.04. The number of amides is 2. The Hall–Kier alpha value is -2.28. The van der Waals surface area contributed by atoms with Gasteiger partial charge < -0.3 is 25.8 Å². The number of hydrogen-bond donors (Lipinski definition) is 3. The molecule has 4 N–H and O–H groups in total. The molecule has 1 aromatic rings. The summed E-state index contributed by atoms with van der Waals surface area (Å²) in [5.74, 6) is 0.771. The SMILES string of the molecule is COc1cc(NC(=O)CCN)c(NC(=O)CC(C)C)cc1OC. The van der Waals surface area contributed by atoms with E-state index < -0.39 is 0 Å². The van der Waals surface area contributed by atoms with Gasteiger partial charge in [0.15, 0.2) is 11.5 Å². The summed E-state index contributed by atoms with van der Waals surface area (Å²) in [4.78, 5) is 23.8. The van der Waals surface area contributed by atoms with E-state index >= 15 is 0 Å². The predicted molar refractivity (Wildman–Crippen MR) is 89.9 cm³/mol. The maximum atomic E-state index is 12.0. The van der Waals surface area contributed by atoms with Crippen LogP contribution in [0.15, 0.2) is 12.1 Å². The van der Waals surface area contributed by atoms with Crippen LogP contribution in [0.1, 0.15) is 26.7 Å². The zero-order valence-electron chi connectivity index (χ0n) is 14.1. The number of nitrogens with two attached hydrogens (primary N) is 1. The first-order valence-corrected chi connectivity index (χ1v) is 7.47. The quantitative estimate of drug-likeness (QED) is 0.679. The lowest BCUT2D eigenvalue weighted by Crippen LogP contribution is -2.19. The van der Waals surface area contributed by atoms with Crippen LogP contribution >= 0.6 is 0 Å². The number of nitrogens with one attached hydrogen (secondary N) is 2. The molecule has 2 amide bonds. The van der Waals surface area contributed by atoms with Crippen molar-refractivity contribution in [3.63, 3.8) is 0 Å². The van der Waals surface area contributed by atoms with Gasteiger partial charge in [0, 0.05) is 31.5 Å². The standard InChI is InChI=1S/C16H25N3O4/c1-10(2)7-16(21)19-12-9-14(23-4)13(22-3)8-11(12)18-15(20)5-6-17/h8-10H,5-7,17H2,1-4H3,(H,18,20)(H,19,21). The molecule has 0 saturated heterocycles. The van der Waals surface area contributed by atoms with E-state index in [1.807, 2.05) is 13.8 Å². The summed E-state index contributed by atoms with van der Waals surface area (Å²) in [6, 6.07) is 3.23. The van der Waals surface area contributed by atoms with E-state index in [1.54, 1.807) is 12.1 Å². The first-order chi connectivity index (χ1) is 10.9. The number of ether oxygens (including phenoxy) is 2. The molecule has 0 radical (unpaired) electrons. The van der Waals surface area contributed by atoms with Crippen molar-refractivity contribution in [3.8, 4) is 11.5 Å². The molecule has 0 aliphatic rings. The van der Waals surface area contributed by atoms with Crippen LogP contribution < -0.4 is 25.8 Å². The number of methoxy groups -OCH3 is 2. The number of anilines is 2. The summed E-state index contributed by atoms with van der Waals surface area (Å²) < 4.78 is 10.5. The predicted octanol–water partition coefficient (Wildman–Crippen LogP) is 1.98. The number of rotatable bonds is 8. The zero-order valence-corrected chi connectivity index (χ0v) is 14.1. The van der Waals surface area contributed by atoms with Crippen LogP contribution in [-0.2, 0) is 9.59 Å². The van der Waals surface area contributed by atoms with Gasteiger partial charge in [0.05, 0.1) is 25.6 Å². The molecule has 128 valence electrons. The molecule has 7 heteroatoms. The molecule has 0 unspecified atom stereocenters. The third kappa shape index (κ3) is 5.78. The van der Waals surface area contributed by atoms with Crippen molar-refractivity contribution < 1.29 is 19.1 Å². The van der Waals surface area contributed by atoms with Crippen LogP contribution in [0.25, 0.3) is 0 Å². The van der Waals surface area contributed by atoms with Crippen molar-refractivity contribution in [1.82, 2.24) is 0 Å². The molecule has 0 atom stereocenters. The fraction of sp³-hybridized carbons (Fsp3) is 0.500. The summed E-state index contributed by atoms with van der Waals surface area (Å²) in [6.45, 7) is 4.16. The second-order valence-corrected chi connectivity index (χ2v) is 5.49. The van der Waals surface area contributed by atoms with Gasteiger partial charge in [0.25, 0.3) is 0 Å². The molecule has 23 heavy (non-hydrogen) atoms. The zero-order chi connectivity index (χ0) is 17.4. The Labute approximate surface area is 136 Å². The summed E-state index contributed by atoms with van der Waals surface area (Å²) in [5, 5.41) is 5.52. The summed E-state index contributed by atoms with van der Waals surface area (Å²) in [7, 11) is 3.00. The molecule has 0 aliphatic carbocycles. The molecule has 0 spiro atoms. The number of carbonyl (C=O) groups is 2. The van der Waals surface area contributed by atoms with Crippen molar-refractivity contribution in [2.75, 3.05) is 31.4 Å². The van der Waals surface area contributed by atoms with Crippen molar-refractivity contribution in [1.29, 1.82) is 0 Å². The lowest BCUT2D eigenvalue weighted by molar-refractivity contribution is -0.117. The van der Waals surface area contributed by atoms with Crippen molar-refractivity contribution in [2.24, 2.45) is 11.7 Å². The van der Waals surface area contributed by atoms with Crippen molar-refractivity contribution in [2.45, 2.75) is 26.7 Å². The number of benzene rings is 1. The largest absolute Gasteiger partial charge is 0.493 e. The number of carbonyl (C=O) groups excluding carboxylic acids is 2. The molecular weight excluding hydrogens is 298 g/mol. The Bertz CT molecular complexity index is 559. The molecular formula is C16H25N3O4. The Morgan fingerprint density at radius 2 is 1.52 bits per heavy atom. The minimum Gasteiger partial charge on any atom is -0.493 e. The molecule has 0 aliphatic heterocycles. The molecule has 0 heterocycles. The molecule has 0 aromatic heterocycles. The highest BCUT2D eigenvalue weighted by molar-refractivity contribution is 6.00. The van der Waals surface area contributed by atoms with E-state index in [0.717, 1.165) is 0 Å². The number of hydrogen-bond acceptors (Lipinski definition) is 5. The summed E-state index contributed by atoms with van der Waals surface area (Å²) >= 11 is 0. The Balaban J connectivity index is 3.12.